The quantitative estimate of drug-likeness (QED) is 0.929. The Morgan fingerprint density at radius 2 is 1.91 bits per heavy atom. The molecular weight excluding hydrogens is 298 g/mol. The van der Waals surface area contributed by atoms with Crippen molar-refractivity contribution in [1.82, 2.24) is 4.31 Å². The van der Waals surface area contributed by atoms with E-state index in [2.05, 4.69) is 0 Å². The molecule has 122 valence electrons. The lowest BCUT2D eigenvalue weighted by Gasteiger charge is -2.33. The minimum Gasteiger partial charge on any atom is -0.393 e. The zero-order valence-corrected chi connectivity index (χ0v) is 14.0. The first-order valence-corrected chi connectivity index (χ1v) is 9.72. The number of hydrogen-bond donors (Lipinski definition) is 1. The van der Waals surface area contributed by atoms with Crippen molar-refractivity contribution < 1.29 is 13.5 Å². The minimum atomic E-state index is -3.44. The molecule has 1 fully saturated rings. The Kier molecular flexibility index (Phi) is 4.57. The summed E-state index contributed by atoms with van der Waals surface area (Å²) in [6, 6.07) is 5.61. The average Bonchev–Trinajstić information content (AvgIpc) is 2.54. The number of sulfonamides is 1. The molecule has 0 aromatic heterocycles. The lowest BCUT2D eigenvalue weighted by molar-refractivity contribution is 0.0885. The zero-order valence-electron chi connectivity index (χ0n) is 13.2. The molecule has 22 heavy (non-hydrogen) atoms. The van der Waals surface area contributed by atoms with E-state index in [4.69, 9.17) is 0 Å². The van der Waals surface area contributed by atoms with E-state index in [1.165, 1.54) is 17.5 Å². The second-order valence-electron chi connectivity index (χ2n) is 6.64. The van der Waals surface area contributed by atoms with Crippen molar-refractivity contribution in [3.8, 4) is 0 Å². The largest absolute Gasteiger partial charge is 0.393 e. The molecule has 0 bridgehead atoms. The van der Waals surface area contributed by atoms with Crippen molar-refractivity contribution in [3.05, 3.63) is 29.3 Å². The van der Waals surface area contributed by atoms with Crippen molar-refractivity contribution >= 4 is 10.0 Å². The van der Waals surface area contributed by atoms with Crippen LogP contribution in [-0.4, -0.2) is 37.0 Å². The molecule has 0 spiro atoms. The molecule has 1 aromatic rings. The fourth-order valence-electron chi connectivity index (χ4n) is 3.61. The summed E-state index contributed by atoms with van der Waals surface area (Å²) in [5.74, 6) is 0.0427. The summed E-state index contributed by atoms with van der Waals surface area (Å²) >= 11 is 0. The average molecular weight is 323 g/mol. The van der Waals surface area contributed by atoms with Crippen LogP contribution in [0.5, 0.6) is 0 Å². The SMILES string of the molecule is CC(O)C1CCCN(S(=O)(=O)c2ccc3c(c2)CCCC3)C1. The first-order valence-electron chi connectivity index (χ1n) is 8.28. The third-order valence-corrected chi connectivity index (χ3v) is 6.92. The highest BCUT2D eigenvalue weighted by atomic mass is 32.2. The molecule has 1 N–H and O–H groups in total. The van der Waals surface area contributed by atoms with Crippen LogP contribution in [0.1, 0.15) is 43.7 Å². The maximum absolute atomic E-state index is 12.9. The molecule has 1 heterocycles. The van der Waals surface area contributed by atoms with Gasteiger partial charge in [-0.2, -0.15) is 4.31 Å². The minimum absolute atomic E-state index is 0.0427. The molecule has 0 radical (unpaired) electrons. The van der Waals surface area contributed by atoms with Crippen LogP contribution in [0, 0.1) is 5.92 Å². The molecule has 3 rings (SSSR count). The van der Waals surface area contributed by atoms with Crippen molar-refractivity contribution in [2.45, 2.75) is 56.4 Å². The van der Waals surface area contributed by atoms with E-state index in [-0.39, 0.29) is 5.92 Å². The fraction of sp³-hybridized carbons (Fsp3) is 0.647. The Balaban J connectivity index is 1.86. The van der Waals surface area contributed by atoms with Gasteiger partial charge in [-0.3, -0.25) is 0 Å². The van der Waals surface area contributed by atoms with E-state index in [1.807, 2.05) is 12.1 Å². The van der Waals surface area contributed by atoms with Gasteiger partial charge < -0.3 is 5.11 Å². The topological polar surface area (TPSA) is 57.6 Å². The maximum Gasteiger partial charge on any atom is 0.243 e. The normalized spacial score (nSPS) is 24.7. The van der Waals surface area contributed by atoms with Gasteiger partial charge in [0.1, 0.15) is 0 Å². The summed E-state index contributed by atoms with van der Waals surface area (Å²) in [7, 11) is -3.44. The maximum atomic E-state index is 12.9. The molecule has 5 heteroatoms. The van der Waals surface area contributed by atoms with Crippen molar-refractivity contribution in [2.75, 3.05) is 13.1 Å². The molecule has 1 saturated heterocycles. The lowest BCUT2D eigenvalue weighted by Crippen LogP contribution is -2.42. The molecule has 2 unspecified atom stereocenters. The van der Waals surface area contributed by atoms with E-state index in [0.717, 1.165) is 32.1 Å². The Morgan fingerprint density at radius 1 is 1.18 bits per heavy atom. The number of fused-ring (bicyclic) bond motifs is 1. The standard InChI is InChI=1S/C17H25NO3S/c1-13(19)16-7-4-10-18(12-16)22(20,21)17-9-8-14-5-2-3-6-15(14)11-17/h8-9,11,13,16,19H,2-7,10,12H2,1H3. The van der Waals surface area contributed by atoms with Crippen molar-refractivity contribution in [3.63, 3.8) is 0 Å². The number of benzene rings is 1. The number of aliphatic hydroxyl groups is 1. The van der Waals surface area contributed by atoms with Gasteiger partial charge in [0.25, 0.3) is 0 Å². The van der Waals surface area contributed by atoms with Gasteiger partial charge in [0, 0.05) is 13.1 Å². The number of aliphatic hydroxyl groups excluding tert-OH is 1. The van der Waals surface area contributed by atoms with Gasteiger partial charge in [-0.25, -0.2) is 8.42 Å². The second kappa shape index (κ2) is 6.30. The summed E-state index contributed by atoms with van der Waals surface area (Å²) in [4.78, 5) is 0.416. The number of rotatable bonds is 3. The third-order valence-electron chi connectivity index (χ3n) is 5.06. The highest BCUT2D eigenvalue weighted by molar-refractivity contribution is 7.89. The number of hydrogen-bond acceptors (Lipinski definition) is 3. The van der Waals surface area contributed by atoms with Crippen LogP contribution in [-0.2, 0) is 22.9 Å². The number of aryl methyl sites for hydroxylation is 2. The molecule has 1 aliphatic carbocycles. The van der Waals surface area contributed by atoms with Crippen molar-refractivity contribution in [2.24, 2.45) is 5.92 Å². The molecule has 0 amide bonds. The highest BCUT2D eigenvalue weighted by Gasteiger charge is 2.32. The van der Waals surface area contributed by atoms with Crippen LogP contribution in [0.3, 0.4) is 0 Å². The van der Waals surface area contributed by atoms with Gasteiger partial charge in [0.15, 0.2) is 0 Å². The molecule has 0 saturated carbocycles. The van der Waals surface area contributed by atoms with Crippen LogP contribution < -0.4 is 0 Å². The molecular formula is C17H25NO3S. The Hall–Kier alpha value is -0.910. The third kappa shape index (κ3) is 3.07. The summed E-state index contributed by atoms with van der Waals surface area (Å²) in [5, 5.41) is 9.77. The van der Waals surface area contributed by atoms with Gasteiger partial charge >= 0.3 is 0 Å². The summed E-state index contributed by atoms with van der Waals surface area (Å²) in [6.45, 7) is 2.74. The lowest BCUT2D eigenvalue weighted by atomic mass is 9.92. The molecule has 4 nitrogen and oxygen atoms in total. The van der Waals surface area contributed by atoms with Crippen LogP contribution in [0.25, 0.3) is 0 Å². The summed E-state index contributed by atoms with van der Waals surface area (Å²) in [5.41, 5.74) is 2.49. The van der Waals surface area contributed by atoms with E-state index < -0.39 is 16.1 Å². The van der Waals surface area contributed by atoms with Gasteiger partial charge in [-0.15, -0.1) is 0 Å². The predicted molar refractivity (Wildman–Crippen MR) is 86.2 cm³/mol. The summed E-state index contributed by atoms with van der Waals surface area (Å²) in [6.07, 6.45) is 5.64. The summed E-state index contributed by atoms with van der Waals surface area (Å²) < 4.78 is 27.3. The van der Waals surface area contributed by atoms with E-state index in [1.54, 1.807) is 17.3 Å². The van der Waals surface area contributed by atoms with Gasteiger partial charge in [0.05, 0.1) is 11.0 Å². The Labute approximate surface area is 133 Å². The van der Waals surface area contributed by atoms with Crippen LogP contribution >= 0.6 is 0 Å². The van der Waals surface area contributed by atoms with Crippen LogP contribution in [0.2, 0.25) is 0 Å². The van der Waals surface area contributed by atoms with Gasteiger partial charge in [0.2, 0.25) is 10.0 Å². The van der Waals surface area contributed by atoms with E-state index in [9.17, 15) is 13.5 Å². The second-order valence-corrected chi connectivity index (χ2v) is 8.58. The van der Waals surface area contributed by atoms with E-state index >= 15 is 0 Å². The first-order chi connectivity index (χ1) is 10.5. The number of piperidine rings is 1. The Bertz CT molecular complexity index is 639. The molecule has 2 atom stereocenters. The molecule has 2 aliphatic rings. The first kappa shape index (κ1) is 16.0. The highest BCUT2D eigenvalue weighted by Crippen LogP contribution is 2.28. The smallest absolute Gasteiger partial charge is 0.243 e. The molecule has 1 aromatic carbocycles. The van der Waals surface area contributed by atoms with Crippen molar-refractivity contribution in [1.29, 1.82) is 0 Å². The predicted octanol–water partition coefficient (Wildman–Crippen LogP) is 2.35. The fourth-order valence-corrected chi connectivity index (χ4v) is 5.19. The number of nitrogens with zero attached hydrogens (tertiary/aromatic N) is 1. The van der Waals surface area contributed by atoms with Crippen LogP contribution in [0.15, 0.2) is 23.1 Å². The Morgan fingerprint density at radius 3 is 2.64 bits per heavy atom. The van der Waals surface area contributed by atoms with Gasteiger partial charge in [-0.05, 0) is 74.6 Å². The molecule has 1 aliphatic heterocycles. The van der Waals surface area contributed by atoms with Gasteiger partial charge in [-0.1, -0.05) is 6.07 Å². The van der Waals surface area contributed by atoms with Crippen LogP contribution in [0.4, 0.5) is 0 Å². The monoisotopic (exact) mass is 323 g/mol. The zero-order chi connectivity index (χ0) is 15.7. The van der Waals surface area contributed by atoms with E-state index in [0.29, 0.717) is 18.0 Å².